The van der Waals surface area contributed by atoms with E-state index in [1.165, 1.54) is 6.07 Å². The highest BCUT2D eigenvalue weighted by Crippen LogP contribution is 2.16. The van der Waals surface area contributed by atoms with Crippen LogP contribution in [0.2, 0.25) is 0 Å². The smallest absolute Gasteiger partial charge is 0.250 e. The van der Waals surface area contributed by atoms with E-state index in [-0.39, 0.29) is 35.4 Å². The summed E-state index contributed by atoms with van der Waals surface area (Å²) in [6, 6.07) is 10.1. The first-order chi connectivity index (χ1) is 13.1. The van der Waals surface area contributed by atoms with E-state index < -0.39 is 0 Å². The number of rotatable bonds is 9. The van der Waals surface area contributed by atoms with Gasteiger partial charge in [-0.25, -0.2) is 4.39 Å². The van der Waals surface area contributed by atoms with Crippen LogP contribution in [-0.4, -0.2) is 30.4 Å². The highest BCUT2D eigenvalue weighted by molar-refractivity contribution is 14.0. The summed E-state index contributed by atoms with van der Waals surface area (Å²) in [6.45, 7) is 2.07. The summed E-state index contributed by atoms with van der Waals surface area (Å²) < 4.78 is 15.2. The molecule has 0 saturated heterocycles. The van der Waals surface area contributed by atoms with E-state index in [1.807, 2.05) is 24.6 Å². The Morgan fingerprint density at radius 3 is 2.71 bits per heavy atom. The molecule has 0 bridgehead atoms. The standard InChI is InChI=1S/C20H27FN4OS.HI/c1-22-20(23-10-4-6-12-25-11-5-3-7-19(25)26)24-14-16-8-9-18(21)13-17(16)15-27-2;/h3,5,7-9,11,13H,4,6,10,12,14-15H2,1-2H3,(H2,22,23,24);1H. The third kappa shape index (κ3) is 8.22. The lowest BCUT2D eigenvalue weighted by Gasteiger charge is -2.14. The number of guanidine groups is 1. The Morgan fingerprint density at radius 1 is 1.18 bits per heavy atom. The molecule has 0 saturated carbocycles. The molecule has 2 aromatic rings. The molecule has 0 unspecified atom stereocenters. The Labute approximate surface area is 187 Å². The summed E-state index contributed by atoms with van der Waals surface area (Å²) in [7, 11) is 1.73. The zero-order chi connectivity index (χ0) is 19.5. The first-order valence-electron chi connectivity index (χ1n) is 9.00. The maximum atomic E-state index is 13.4. The van der Waals surface area contributed by atoms with Crippen molar-refractivity contribution < 1.29 is 4.39 Å². The maximum absolute atomic E-state index is 13.4. The largest absolute Gasteiger partial charge is 0.356 e. The van der Waals surface area contributed by atoms with Crippen LogP contribution in [0.5, 0.6) is 0 Å². The van der Waals surface area contributed by atoms with Crippen molar-refractivity contribution in [3.05, 3.63) is 69.9 Å². The van der Waals surface area contributed by atoms with E-state index >= 15 is 0 Å². The molecule has 0 aliphatic carbocycles. The Bertz CT molecular complexity index is 813. The van der Waals surface area contributed by atoms with E-state index in [0.717, 1.165) is 36.3 Å². The third-order valence-corrected chi connectivity index (χ3v) is 4.75. The van der Waals surface area contributed by atoms with Gasteiger partial charge >= 0.3 is 0 Å². The van der Waals surface area contributed by atoms with Gasteiger partial charge in [-0.1, -0.05) is 12.1 Å². The topological polar surface area (TPSA) is 58.4 Å². The summed E-state index contributed by atoms with van der Waals surface area (Å²) >= 11 is 1.67. The summed E-state index contributed by atoms with van der Waals surface area (Å²) in [5.41, 5.74) is 2.10. The van der Waals surface area contributed by atoms with Gasteiger partial charge in [0.15, 0.2) is 5.96 Å². The van der Waals surface area contributed by atoms with Crippen molar-refractivity contribution in [1.82, 2.24) is 15.2 Å². The number of hydrogen-bond donors (Lipinski definition) is 2. The molecule has 1 heterocycles. The monoisotopic (exact) mass is 518 g/mol. The summed E-state index contributed by atoms with van der Waals surface area (Å²) in [6.07, 6.45) is 5.65. The second-order valence-electron chi connectivity index (χ2n) is 6.14. The number of nitrogens with one attached hydrogen (secondary N) is 2. The van der Waals surface area contributed by atoms with Crippen molar-refractivity contribution in [2.24, 2.45) is 4.99 Å². The molecule has 0 atom stereocenters. The van der Waals surface area contributed by atoms with Crippen molar-refractivity contribution in [1.29, 1.82) is 0 Å². The molecule has 28 heavy (non-hydrogen) atoms. The Hall–Kier alpha value is -1.55. The first-order valence-corrected chi connectivity index (χ1v) is 10.4. The number of aliphatic imine (C=N–C) groups is 1. The van der Waals surface area contributed by atoms with Gasteiger partial charge < -0.3 is 15.2 Å². The normalized spacial score (nSPS) is 11.0. The Kier molecular flexibility index (Phi) is 11.9. The number of aryl methyl sites for hydroxylation is 1. The van der Waals surface area contributed by atoms with Crippen LogP contribution in [0.4, 0.5) is 4.39 Å². The predicted octanol–water partition coefficient (Wildman–Crippen LogP) is 3.61. The number of aromatic nitrogens is 1. The van der Waals surface area contributed by atoms with Gasteiger partial charge in [0, 0.05) is 44.7 Å². The molecular weight excluding hydrogens is 490 g/mol. The quantitative estimate of drug-likeness (QED) is 0.231. The molecule has 2 rings (SSSR count). The number of halogens is 2. The zero-order valence-corrected chi connectivity index (χ0v) is 19.4. The van der Waals surface area contributed by atoms with Crippen LogP contribution in [0.25, 0.3) is 0 Å². The lowest BCUT2D eigenvalue weighted by molar-refractivity contribution is 0.585. The molecule has 1 aromatic carbocycles. The van der Waals surface area contributed by atoms with Crippen LogP contribution in [-0.2, 0) is 18.8 Å². The molecule has 5 nitrogen and oxygen atoms in total. The molecular formula is C20H28FIN4OS. The average molecular weight is 518 g/mol. The van der Waals surface area contributed by atoms with Crippen LogP contribution in [0.15, 0.2) is 52.4 Å². The number of pyridine rings is 1. The van der Waals surface area contributed by atoms with Crippen LogP contribution in [0, 0.1) is 5.82 Å². The Balaban J connectivity index is 0.00000392. The lowest BCUT2D eigenvalue weighted by Crippen LogP contribution is -2.37. The van der Waals surface area contributed by atoms with Gasteiger partial charge in [-0.3, -0.25) is 9.79 Å². The van der Waals surface area contributed by atoms with E-state index in [4.69, 9.17) is 0 Å². The average Bonchev–Trinajstić information content (AvgIpc) is 2.67. The van der Waals surface area contributed by atoms with E-state index in [1.54, 1.807) is 41.6 Å². The zero-order valence-electron chi connectivity index (χ0n) is 16.3. The van der Waals surface area contributed by atoms with Gasteiger partial charge in [0.2, 0.25) is 5.56 Å². The van der Waals surface area contributed by atoms with E-state index in [0.29, 0.717) is 19.0 Å². The van der Waals surface area contributed by atoms with Crippen molar-refractivity contribution in [3.63, 3.8) is 0 Å². The van der Waals surface area contributed by atoms with E-state index in [2.05, 4.69) is 15.6 Å². The highest BCUT2D eigenvalue weighted by atomic mass is 127. The minimum atomic E-state index is -0.206. The second-order valence-corrected chi connectivity index (χ2v) is 7.00. The number of thioether (sulfide) groups is 1. The molecule has 0 aliphatic rings. The highest BCUT2D eigenvalue weighted by Gasteiger charge is 2.05. The van der Waals surface area contributed by atoms with Crippen molar-refractivity contribution in [2.45, 2.75) is 31.7 Å². The molecule has 2 N–H and O–H groups in total. The van der Waals surface area contributed by atoms with Gasteiger partial charge in [-0.2, -0.15) is 11.8 Å². The second kappa shape index (κ2) is 13.6. The maximum Gasteiger partial charge on any atom is 0.250 e. The molecule has 0 radical (unpaired) electrons. The fourth-order valence-corrected chi connectivity index (χ4v) is 3.30. The lowest BCUT2D eigenvalue weighted by atomic mass is 10.1. The van der Waals surface area contributed by atoms with Gasteiger partial charge in [0.25, 0.3) is 0 Å². The van der Waals surface area contributed by atoms with Gasteiger partial charge in [0.1, 0.15) is 5.82 Å². The minimum Gasteiger partial charge on any atom is -0.356 e. The first kappa shape index (κ1) is 24.5. The summed E-state index contributed by atoms with van der Waals surface area (Å²) in [5.74, 6) is 1.29. The van der Waals surface area contributed by atoms with Crippen molar-refractivity contribution >= 4 is 41.7 Å². The van der Waals surface area contributed by atoms with Crippen molar-refractivity contribution in [2.75, 3.05) is 19.8 Å². The molecule has 1 aromatic heterocycles. The number of hydrogen-bond acceptors (Lipinski definition) is 3. The predicted molar refractivity (Wildman–Crippen MR) is 127 cm³/mol. The molecule has 0 aliphatic heterocycles. The van der Waals surface area contributed by atoms with E-state index in [9.17, 15) is 9.18 Å². The van der Waals surface area contributed by atoms with Crippen molar-refractivity contribution in [3.8, 4) is 0 Å². The number of nitrogens with zero attached hydrogens (tertiary/aromatic N) is 2. The minimum absolute atomic E-state index is 0. The SMILES string of the molecule is CN=C(NCCCCn1ccccc1=O)NCc1ccc(F)cc1CSC.I. The summed E-state index contributed by atoms with van der Waals surface area (Å²) in [5, 5.41) is 6.55. The summed E-state index contributed by atoms with van der Waals surface area (Å²) in [4.78, 5) is 15.9. The van der Waals surface area contributed by atoms with Gasteiger partial charge in [-0.15, -0.1) is 24.0 Å². The van der Waals surface area contributed by atoms with Gasteiger partial charge in [-0.05, 0) is 48.4 Å². The molecule has 0 spiro atoms. The molecule has 8 heteroatoms. The molecule has 0 fully saturated rings. The van der Waals surface area contributed by atoms with Crippen LogP contribution >= 0.6 is 35.7 Å². The number of unbranched alkanes of at least 4 members (excludes halogenated alkanes) is 1. The fraction of sp³-hybridized carbons (Fsp3) is 0.400. The molecule has 0 amide bonds. The Morgan fingerprint density at radius 2 is 2.00 bits per heavy atom. The van der Waals surface area contributed by atoms with Crippen LogP contribution in [0.3, 0.4) is 0 Å². The third-order valence-electron chi connectivity index (χ3n) is 4.16. The molecule has 154 valence electrons. The number of benzene rings is 1. The van der Waals surface area contributed by atoms with Crippen LogP contribution < -0.4 is 16.2 Å². The van der Waals surface area contributed by atoms with Gasteiger partial charge in [0.05, 0.1) is 0 Å². The fourth-order valence-electron chi connectivity index (χ4n) is 2.72. The van der Waals surface area contributed by atoms with Crippen LogP contribution in [0.1, 0.15) is 24.0 Å².